The summed E-state index contributed by atoms with van der Waals surface area (Å²) in [5.74, 6) is -0.0786. The maximum absolute atomic E-state index is 12.5. The van der Waals surface area contributed by atoms with Crippen molar-refractivity contribution in [3.63, 3.8) is 0 Å². The molecule has 21 heavy (non-hydrogen) atoms. The van der Waals surface area contributed by atoms with E-state index in [-0.39, 0.29) is 16.6 Å². The SMILES string of the molecule is CS(=O)(=O)Nc1cc(C(=O)N2CCCCCC2)ccc1Cl. The van der Waals surface area contributed by atoms with Gasteiger partial charge in [0.15, 0.2) is 0 Å². The third-order valence-electron chi connectivity index (χ3n) is 3.40. The molecule has 0 aromatic heterocycles. The first kappa shape index (κ1) is 16.1. The van der Waals surface area contributed by atoms with Crippen LogP contribution in [0.5, 0.6) is 0 Å². The van der Waals surface area contributed by atoms with Crippen LogP contribution >= 0.6 is 11.6 Å². The number of rotatable bonds is 3. The van der Waals surface area contributed by atoms with Gasteiger partial charge >= 0.3 is 0 Å². The van der Waals surface area contributed by atoms with Gasteiger partial charge in [0.1, 0.15) is 0 Å². The van der Waals surface area contributed by atoms with Crippen molar-refractivity contribution in [3.8, 4) is 0 Å². The van der Waals surface area contributed by atoms with Crippen molar-refractivity contribution in [1.82, 2.24) is 4.90 Å². The van der Waals surface area contributed by atoms with Gasteiger partial charge in [0, 0.05) is 18.7 Å². The summed E-state index contributed by atoms with van der Waals surface area (Å²) in [6.45, 7) is 1.49. The number of hydrogen-bond acceptors (Lipinski definition) is 3. The van der Waals surface area contributed by atoms with Gasteiger partial charge in [0.25, 0.3) is 5.91 Å². The third kappa shape index (κ3) is 4.61. The number of amides is 1. The lowest BCUT2D eigenvalue weighted by atomic mass is 10.1. The highest BCUT2D eigenvalue weighted by Crippen LogP contribution is 2.25. The number of carbonyl (C=O) groups is 1. The molecule has 1 aromatic rings. The molecule has 116 valence electrons. The van der Waals surface area contributed by atoms with E-state index in [0.29, 0.717) is 5.56 Å². The quantitative estimate of drug-likeness (QED) is 0.926. The molecule has 0 atom stereocenters. The van der Waals surface area contributed by atoms with Crippen molar-refractivity contribution in [3.05, 3.63) is 28.8 Å². The summed E-state index contributed by atoms with van der Waals surface area (Å²) in [6.07, 6.45) is 5.35. The number of halogens is 1. The molecule has 0 unspecified atom stereocenters. The first-order valence-corrected chi connectivity index (χ1v) is 9.20. The first-order valence-electron chi connectivity index (χ1n) is 6.93. The van der Waals surface area contributed by atoms with E-state index in [4.69, 9.17) is 11.6 Å². The Hall–Kier alpha value is -1.27. The molecule has 1 heterocycles. The Kier molecular flexibility index (Phi) is 5.11. The van der Waals surface area contributed by atoms with Crippen LogP contribution in [0.1, 0.15) is 36.0 Å². The van der Waals surface area contributed by atoms with Crippen LogP contribution in [0.4, 0.5) is 5.69 Å². The minimum Gasteiger partial charge on any atom is -0.339 e. The second-order valence-electron chi connectivity index (χ2n) is 5.28. The number of sulfonamides is 1. The molecule has 1 saturated heterocycles. The smallest absolute Gasteiger partial charge is 0.253 e. The molecule has 2 rings (SSSR count). The Bertz CT molecular complexity index is 623. The Labute approximate surface area is 130 Å². The number of benzene rings is 1. The average Bonchev–Trinajstić information content (AvgIpc) is 2.68. The monoisotopic (exact) mass is 330 g/mol. The van der Waals surface area contributed by atoms with Gasteiger partial charge in [-0.15, -0.1) is 0 Å². The zero-order chi connectivity index (χ0) is 15.5. The zero-order valence-corrected chi connectivity index (χ0v) is 13.5. The first-order chi connectivity index (χ1) is 9.87. The van der Waals surface area contributed by atoms with E-state index in [0.717, 1.165) is 45.0 Å². The van der Waals surface area contributed by atoms with Crippen molar-refractivity contribution >= 4 is 33.2 Å². The van der Waals surface area contributed by atoms with Gasteiger partial charge in [-0.25, -0.2) is 8.42 Å². The predicted octanol–water partition coefficient (Wildman–Crippen LogP) is 2.73. The van der Waals surface area contributed by atoms with Crippen LogP contribution in [0.3, 0.4) is 0 Å². The van der Waals surface area contributed by atoms with Gasteiger partial charge in [-0.2, -0.15) is 0 Å². The number of nitrogens with zero attached hydrogens (tertiary/aromatic N) is 1. The van der Waals surface area contributed by atoms with Crippen LogP contribution in [-0.4, -0.2) is 38.6 Å². The van der Waals surface area contributed by atoms with Crippen molar-refractivity contribution in [2.24, 2.45) is 0 Å². The van der Waals surface area contributed by atoms with Crippen LogP contribution in [0, 0.1) is 0 Å². The highest BCUT2D eigenvalue weighted by Gasteiger charge is 2.18. The van der Waals surface area contributed by atoms with E-state index in [1.807, 2.05) is 4.90 Å². The van der Waals surface area contributed by atoms with Crippen LogP contribution in [-0.2, 0) is 10.0 Å². The fourth-order valence-electron chi connectivity index (χ4n) is 2.39. The summed E-state index contributed by atoms with van der Waals surface area (Å²) in [7, 11) is -3.43. The summed E-state index contributed by atoms with van der Waals surface area (Å²) in [5, 5.41) is 0.271. The standard InChI is InChI=1S/C14H19ClN2O3S/c1-21(19,20)16-13-10-11(6-7-12(13)15)14(18)17-8-4-2-3-5-9-17/h6-7,10,16H,2-5,8-9H2,1H3. The molecule has 0 spiro atoms. The summed E-state index contributed by atoms with van der Waals surface area (Å²) >= 11 is 5.97. The normalized spacial score (nSPS) is 16.4. The molecule has 1 N–H and O–H groups in total. The molecule has 5 nitrogen and oxygen atoms in total. The molecule has 1 aliphatic heterocycles. The third-order valence-corrected chi connectivity index (χ3v) is 4.32. The second-order valence-corrected chi connectivity index (χ2v) is 7.43. The largest absolute Gasteiger partial charge is 0.339 e. The molecule has 0 bridgehead atoms. The fourth-order valence-corrected chi connectivity index (χ4v) is 3.18. The molecular formula is C14H19ClN2O3S. The lowest BCUT2D eigenvalue weighted by molar-refractivity contribution is 0.0761. The van der Waals surface area contributed by atoms with Crippen LogP contribution < -0.4 is 4.72 Å². The molecule has 1 fully saturated rings. The van der Waals surface area contributed by atoms with Crippen molar-refractivity contribution < 1.29 is 13.2 Å². The molecule has 1 aliphatic rings. The van der Waals surface area contributed by atoms with Gasteiger partial charge < -0.3 is 4.90 Å². The van der Waals surface area contributed by atoms with Crippen LogP contribution in [0.15, 0.2) is 18.2 Å². The lowest BCUT2D eigenvalue weighted by Gasteiger charge is -2.20. The summed E-state index contributed by atoms with van der Waals surface area (Å²) in [6, 6.07) is 4.67. The molecular weight excluding hydrogens is 312 g/mol. The Morgan fingerprint density at radius 3 is 2.38 bits per heavy atom. The van der Waals surface area contributed by atoms with Gasteiger partial charge in [-0.05, 0) is 31.0 Å². The molecule has 1 aromatic carbocycles. The number of anilines is 1. The van der Waals surface area contributed by atoms with E-state index >= 15 is 0 Å². The summed E-state index contributed by atoms with van der Waals surface area (Å²) in [4.78, 5) is 14.3. The van der Waals surface area contributed by atoms with Crippen molar-refractivity contribution in [2.75, 3.05) is 24.1 Å². The van der Waals surface area contributed by atoms with Crippen molar-refractivity contribution in [1.29, 1.82) is 0 Å². The highest BCUT2D eigenvalue weighted by atomic mass is 35.5. The van der Waals surface area contributed by atoms with E-state index in [1.165, 1.54) is 6.07 Å². The van der Waals surface area contributed by atoms with Gasteiger partial charge in [0.2, 0.25) is 10.0 Å². The number of carbonyl (C=O) groups excluding carboxylic acids is 1. The summed E-state index contributed by atoms with van der Waals surface area (Å²) in [5.41, 5.74) is 0.687. The average molecular weight is 331 g/mol. The lowest BCUT2D eigenvalue weighted by Crippen LogP contribution is -2.31. The van der Waals surface area contributed by atoms with E-state index in [9.17, 15) is 13.2 Å². The Balaban J connectivity index is 2.23. The van der Waals surface area contributed by atoms with Gasteiger partial charge in [-0.3, -0.25) is 9.52 Å². The van der Waals surface area contributed by atoms with Gasteiger partial charge in [-0.1, -0.05) is 24.4 Å². The Morgan fingerprint density at radius 2 is 1.81 bits per heavy atom. The topological polar surface area (TPSA) is 66.5 Å². The maximum Gasteiger partial charge on any atom is 0.253 e. The zero-order valence-electron chi connectivity index (χ0n) is 11.9. The summed E-state index contributed by atoms with van der Waals surface area (Å²) < 4.78 is 25.0. The molecule has 0 saturated carbocycles. The van der Waals surface area contributed by atoms with Crippen LogP contribution in [0.2, 0.25) is 5.02 Å². The minimum absolute atomic E-state index is 0.0786. The molecule has 0 aliphatic carbocycles. The second kappa shape index (κ2) is 6.66. The predicted molar refractivity (Wildman–Crippen MR) is 84.3 cm³/mol. The fraction of sp³-hybridized carbons (Fsp3) is 0.500. The minimum atomic E-state index is -3.43. The Morgan fingerprint density at radius 1 is 1.19 bits per heavy atom. The van der Waals surface area contributed by atoms with Crippen molar-refractivity contribution in [2.45, 2.75) is 25.7 Å². The number of nitrogens with one attached hydrogen (secondary N) is 1. The molecule has 0 radical (unpaired) electrons. The highest BCUT2D eigenvalue weighted by molar-refractivity contribution is 7.92. The molecule has 1 amide bonds. The van der Waals surface area contributed by atoms with Crippen LogP contribution in [0.25, 0.3) is 0 Å². The van der Waals surface area contributed by atoms with E-state index in [1.54, 1.807) is 12.1 Å². The number of likely N-dealkylation sites (tertiary alicyclic amines) is 1. The number of hydrogen-bond donors (Lipinski definition) is 1. The molecule has 7 heteroatoms. The van der Waals surface area contributed by atoms with Gasteiger partial charge in [0.05, 0.1) is 17.0 Å². The van der Waals surface area contributed by atoms with E-state index < -0.39 is 10.0 Å². The maximum atomic E-state index is 12.5. The van der Waals surface area contributed by atoms with E-state index in [2.05, 4.69) is 4.72 Å².